The van der Waals surface area contributed by atoms with E-state index in [-0.39, 0.29) is 17.1 Å². The quantitative estimate of drug-likeness (QED) is 0.460. The molecule has 0 aliphatic rings. The number of carbonyl (C=O) groups excluding carboxylic acids is 1. The number of phenols is 2. The summed E-state index contributed by atoms with van der Waals surface area (Å²) in [5.74, 6) is -0.878. The van der Waals surface area contributed by atoms with E-state index < -0.39 is 5.91 Å². The van der Waals surface area contributed by atoms with Crippen molar-refractivity contribution in [1.29, 1.82) is 0 Å². The molecule has 2 aromatic rings. The van der Waals surface area contributed by atoms with Crippen molar-refractivity contribution in [3.63, 3.8) is 0 Å². The van der Waals surface area contributed by atoms with Crippen LogP contribution >= 0.6 is 0 Å². The number of rotatable bonds is 4. The molecule has 0 bridgehead atoms. The van der Waals surface area contributed by atoms with E-state index in [0.717, 1.165) is 22.4 Å². The number of nitrogens with one attached hydrogen (secondary N) is 1. The number of aryl methyl sites for hydroxylation is 2. The third kappa shape index (κ3) is 3.88. The average Bonchev–Trinajstić information content (AvgIpc) is 2.53. The Balaban J connectivity index is 2.27. The molecule has 0 aliphatic carbocycles. The minimum atomic E-state index is -0.574. The Morgan fingerprint density at radius 3 is 2.52 bits per heavy atom. The van der Waals surface area contributed by atoms with E-state index >= 15 is 0 Å². The van der Waals surface area contributed by atoms with Gasteiger partial charge in [-0.25, -0.2) is 5.43 Å². The number of nitrogens with zero attached hydrogens (tertiary/aromatic N) is 1. The highest BCUT2D eigenvalue weighted by Crippen LogP contribution is 2.22. The maximum Gasteiger partial charge on any atom is 0.275 e. The number of hydrogen-bond donors (Lipinski definition) is 3. The molecule has 0 atom stereocenters. The second kappa shape index (κ2) is 6.96. The Labute approximate surface area is 135 Å². The van der Waals surface area contributed by atoms with Gasteiger partial charge in [-0.15, -0.1) is 0 Å². The fourth-order valence-corrected chi connectivity index (χ4v) is 2.26. The van der Waals surface area contributed by atoms with Crippen molar-refractivity contribution in [3.8, 4) is 11.5 Å². The van der Waals surface area contributed by atoms with Gasteiger partial charge >= 0.3 is 0 Å². The largest absolute Gasteiger partial charge is 0.508 e. The van der Waals surface area contributed by atoms with Gasteiger partial charge in [0.25, 0.3) is 5.91 Å². The van der Waals surface area contributed by atoms with Gasteiger partial charge in [-0.1, -0.05) is 24.6 Å². The van der Waals surface area contributed by atoms with Crippen LogP contribution in [0.25, 0.3) is 0 Å². The number of carbonyl (C=O) groups is 1. The van der Waals surface area contributed by atoms with E-state index in [9.17, 15) is 15.0 Å². The fourth-order valence-electron chi connectivity index (χ4n) is 2.26. The first-order valence-electron chi connectivity index (χ1n) is 7.39. The minimum Gasteiger partial charge on any atom is -0.508 e. The van der Waals surface area contributed by atoms with E-state index in [1.54, 1.807) is 0 Å². The summed E-state index contributed by atoms with van der Waals surface area (Å²) in [5, 5.41) is 23.3. The molecule has 1 amide bonds. The van der Waals surface area contributed by atoms with Gasteiger partial charge < -0.3 is 10.2 Å². The zero-order chi connectivity index (χ0) is 17.0. The molecule has 0 spiro atoms. The molecule has 0 radical (unpaired) electrons. The molecule has 0 fully saturated rings. The van der Waals surface area contributed by atoms with E-state index in [2.05, 4.69) is 10.5 Å². The summed E-state index contributed by atoms with van der Waals surface area (Å²) < 4.78 is 0. The van der Waals surface area contributed by atoms with Gasteiger partial charge in [-0.05, 0) is 50.1 Å². The Morgan fingerprint density at radius 1 is 1.09 bits per heavy atom. The van der Waals surface area contributed by atoms with Crippen LogP contribution in [0, 0.1) is 13.8 Å². The van der Waals surface area contributed by atoms with Crippen LogP contribution in [-0.4, -0.2) is 21.8 Å². The van der Waals surface area contributed by atoms with Crippen molar-refractivity contribution in [2.45, 2.75) is 27.2 Å². The molecule has 23 heavy (non-hydrogen) atoms. The standard InChI is InChI=1S/C18H20N2O3/c1-4-16(14-9-11(2)5-6-12(14)3)19-20-18(23)15-10-13(21)7-8-17(15)22/h5-10,21-22H,4H2,1-3H3,(H,20,23). The Hall–Kier alpha value is -2.82. The zero-order valence-corrected chi connectivity index (χ0v) is 13.4. The second-order valence-electron chi connectivity index (χ2n) is 5.37. The van der Waals surface area contributed by atoms with Crippen LogP contribution < -0.4 is 5.43 Å². The monoisotopic (exact) mass is 312 g/mol. The predicted octanol–water partition coefficient (Wildman–Crippen LogP) is 3.26. The topological polar surface area (TPSA) is 81.9 Å². The lowest BCUT2D eigenvalue weighted by Crippen LogP contribution is -2.20. The van der Waals surface area contributed by atoms with Crippen LogP contribution in [0.3, 0.4) is 0 Å². The number of hydrogen-bond acceptors (Lipinski definition) is 4. The van der Waals surface area contributed by atoms with E-state index in [0.29, 0.717) is 6.42 Å². The van der Waals surface area contributed by atoms with Gasteiger partial charge in [0.1, 0.15) is 11.5 Å². The van der Waals surface area contributed by atoms with Crippen molar-refractivity contribution < 1.29 is 15.0 Å². The number of amides is 1. The third-order valence-corrected chi connectivity index (χ3v) is 3.56. The summed E-state index contributed by atoms with van der Waals surface area (Å²) in [6.45, 7) is 5.95. The van der Waals surface area contributed by atoms with Crippen molar-refractivity contribution in [2.75, 3.05) is 0 Å². The van der Waals surface area contributed by atoms with Crippen LogP contribution in [0.15, 0.2) is 41.5 Å². The molecule has 0 saturated heterocycles. The molecule has 120 valence electrons. The Bertz CT molecular complexity index is 767. The summed E-state index contributed by atoms with van der Waals surface area (Å²) in [7, 11) is 0. The van der Waals surface area contributed by atoms with Crippen molar-refractivity contribution in [2.24, 2.45) is 5.10 Å². The lowest BCUT2D eigenvalue weighted by molar-refractivity contribution is 0.0951. The number of aromatic hydroxyl groups is 2. The minimum absolute atomic E-state index is 0.0230. The van der Waals surface area contributed by atoms with E-state index in [4.69, 9.17) is 0 Å². The summed E-state index contributed by atoms with van der Waals surface area (Å²) in [5.41, 5.74) is 6.34. The predicted molar refractivity (Wildman–Crippen MR) is 90.0 cm³/mol. The average molecular weight is 312 g/mol. The van der Waals surface area contributed by atoms with Gasteiger partial charge in [-0.3, -0.25) is 4.79 Å². The van der Waals surface area contributed by atoms with Crippen LogP contribution in [0.1, 0.15) is 40.4 Å². The van der Waals surface area contributed by atoms with Crippen molar-refractivity contribution in [1.82, 2.24) is 5.43 Å². The molecule has 2 rings (SSSR count). The van der Waals surface area contributed by atoms with Crippen molar-refractivity contribution in [3.05, 3.63) is 58.7 Å². The zero-order valence-electron chi connectivity index (χ0n) is 13.4. The Morgan fingerprint density at radius 2 is 1.83 bits per heavy atom. The molecule has 0 unspecified atom stereocenters. The van der Waals surface area contributed by atoms with Crippen LogP contribution in [0.2, 0.25) is 0 Å². The molecule has 0 heterocycles. The van der Waals surface area contributed by atoms with Crippen LogP contribution in [0.4, 0.5) is 0 Å². The Kier molecular flexibility index (Phi) is 5.01. The maximum absolute atomic E-state index is 12.1. The molecule has 5 nitrogen and oxygen atoms in total. The number of phenolic OH excluding ortho intramolecular Hbond substituents is 2. The third-order valence-electron chi connectivity index (χ3n) is 3.56. The van der Waals surface area contributed by atoms with Gasteiger partial charge in [0, 0.05) is 5.56 Å². The summed E-state index contributed by atoms with van der Waals surface area (Å²) in [4.78, 5) is 12.1. The highest BCUT2D eigenvalue weighted by molar-refractivity contribution is 6.03. The summed E-state index contributed by atoms with van der Waals surface area (Å²) in [6.07, 6.45) is 0.649. The molecular weight excluding hydrogens is 292 g/mol. The molecule has 5 heteroatoms. The smallest absolute Gasteiger partial charge is 0.275 e. The highest BCUT2D eigenvalue weighted by atomic mass is 16.3. The van der Waals surface area contributed by atoms with Gasteiger partial charge in [0.2, 0.25) is 0 Å². The molecule has 0 aliphatic heterocycles. The number of hydrazone groups is 1. The molecule has 0 aromatic heterocycles. The van der Waals surface area contributed by atoms with E-state index in [1.807, 2.05) is 39.0 Å². The van der Waals surface area contributed by atoms with Gasteiger partial charge in [0.15, 0.2) is 0 Å². The van der Waals surface area contributed by atoms with Crippen molar-refractivity contribution >= 4 is 11.6 Å². The fraction of sp³-hybridized carbons (Fsp3) is 0.222. The molecule has 3 N–H and O–H groups in total. The van der Waals surface area contributed by atoms with Crippen LogP contribution in [-0.2, 0) is 0 Å². The van der Waals surface area contributed by atoms with Crippen LogP contribution in [0.5, 0.6) is 11.5 Å². The summed E-state index contributed by atoms with van der Waals surface area (Å²) in [6, 6.07) is 9.83. The maximum atomic E-state index is 12.1. The van der Waals surface area contributed by atoms with E-state index in [1.165, 1.54) is 18.2 Å². The summed E-state index contributed by atoms with van der Waals surface area (Å²) >= 11 is 0. The number of benzene rings is 2. The first-order chi connectivity index (χ1) is 10.9. The first-order valence-corrected chi connectivity index (χ1v) is 7.39. The first kappa shape index (κ1) is 16.5. The van der Waals surface area contributed by atoms with Gasteiger partial charge in [-0.2, -0.15) is 5.10 Å². The second-order valence-corrected chi connectivity index (χ2v) is 5.37. The normalized spacial score (nSPS) is 11.3. The highest BCUT2D eigenvalue weighted by Gasteiger charge is 2.12. The lowest BCUT2D eigenvalue weighted by Gasteiger charge is -2.10. The van der Waals surface area contributed by atoms with Gasteiger partial charge in [0.05, 0.1) is 11.3 Å². The molecule has 2 aromatic carbocycles. The lowest BCUT2D eigenvalue weighted by atomic mass is 10.00. The molecular formula is C18H20N2O3. The SMILES string of the molecule is CCC(=NNC(=O)c1cc(O)ccc1O)c1cc(C)ccc1C. The molecule has 0 saturated carbocycles.